The summed E-state index contributed by atoms with van der Waals surface area (Å²) in [6.07, 6.45) is 2.23. The molecule has 1 aromatic carbocycles. The van der Waals surface area contributed by atoms with Gasteiger partial charge in [-0.05, 0) is 0 Å². The van der Waals surface area contributed by atoms with Crippen LogP contribution in [0.3, 0.4) is 0 Å². The number of hydrogen-bond donors (Lipinski definition) is 1. The molecule has 1 amide bonds. The van der Waals surface area contributed by atoms with Gasteiger partial charge in [-0.3, -0.25) is 4.79 Å². The molecule has 1 heterocycles. The molecule has 2 aromatic rings. The molecule has 0 atom stereocenters. The lowest BCUT2D eigenvalue weighted by atomic mass is 10.2. The standard InChI is InChI=1S/C11H5ClF3N3O/c12-9-4-16-8(3-17-9)11(19)18-5-1-6(13)10(15)7(14)2-5/h1-4H,(H,18,19). The summed E-state index contributed by atoms with van der Waals surface area (Å²) >= 11 is 5.49. The van der Waals surface area contributed by atoms with Crippen LogP contribution in [0.2, 0.25) is 5.15 Å². The highest BCUT2D eigenvalue weighted by Gasteiger charge is 2.13. The predicted molar refractivity (Wildman–Crippen MR) is 61.3 cm³/mol. The van der Waals surface area contributed by atoms with Crippen molar-refractivity contribution in [1.82, 2.24) is 9.97 Å². The maximum atomic E-state index is 12.9. The van der Waals surface area contributed by atoms with Gasteiger partial charge in [0.05, 0.1) is 12.4 Å². The summed E-state index contributed by atoms with van der Waals surface area (Å²) in [5.74, 6) is -5.17. The molecular formula is C11H5ClF3N3O. The fourth-order valence-electron chi connectivity index (χ4n) is 1.25. The average molecular weight is 288 g/mol. The van der Waals surface area contributed by atoms with Crippen molar-refractivity contribution < 1.29 is 18.0 Å². The molecule has 0 saturated heterocycles. The lowest BCUT2D eigenvalue weighted by molar-refractivity contribution is 0.102. The number of benzene rings is 1. The number of amides is 1. The molecule has 1 aromatic heterocycles. The Morgan fingerprint density at radius 1 is 1.11 bits per heavy atom. The van der Waals surface area contributed by atoms with E-state index in [0.29, 0.717) is 12.1 Å². The predicted octanol–water partition coefficient (Wildman–Crippen LogP) is 2.80. The van der Waals surface area contributed by atoms with E-state index in [1.54, 1.807) is 0 Å². The molecule has 0 fully saturated rings. The van der Waals surface area contributed by atoms with Gasteiger partial charge in [-0.1, -0.05) is 11.6 Å². The summed E-state index contributed by atoms with van der Waals surface area (Å²) in [6, 6.07) is 1.30. The van der Waals surface area contributed by atoms with Crippen molar-refractivity contribution in [2.45, 2.75) is 0 Å². The number of rotatable bonds is 2. The zero-order chi connectivity index (χ0) is 14.0. The van der Waals surface area contributed by atoms with Crippen LogP contribution >= 0.6 is 11.6 Å². The number of carbonyl (C=O) groups is 1. The number of carbonyl (C=O) groups excluding carboxylic acids is 1. The SMILES string of the molecule is O=C(Nc1cc(F)c(F)c(F)c1)c1cnc(Cl)cn1. The molecule has 19 heavy (non-hydrogen) atoms. The van der Waals surface area contributed by atoms with Crippen LogP contribution in [0.5, 0.6) is 0 Å². The lowest BCUT2D eigenvalue weighted by Gasteiger charge is -2.05. The average Bonchev–Trinajstić information content (AvgIpc) is 2.36. The molecule has 2 rings (SSSR count). The summed E-state index contributed by atoms with van der Waals surface area (Å²) in [7, 11) is 0. The van der Waals surface area contributed by atoms with Crippen molar-refractivity contribution in [3.8, 4) is 0 Å². The highest BCUT2D eigenvalue weighted by atomic mass is 35.5. The number of nitrogens with zero attached hydrogens (tertiary/aromatic N) is 2. The minimum absolute atomic E-state index is 0.0930. The first-order valence-corrected chi connectivity index (χ1v) is 5.28. The molecule has 0 aliphatic rings. The van der Waals surface area contributed by atoms with Crippen molar-refractivity contribution in [2.75, 3.05) is 5.32 Å². The number of nitrogens with one attached hydrogen (secondary N) is 1. The normalized spacial score (nSPS) is 10.3. The second kappa shape index (κ2) is 5.23. The molecule has 0 unspecified atom stereocenters. The van der Waals surface area contributed by atoms with Gasteiger partial charge in [0.1, 0.15) is 10.8 Å². The van der Waals surface area contributed by atoms with Crippen molar-refractivity contribution in [2.24, 2.45) is 0 Å². The Hall–Kier alpha value is -2.15. The highest BCUT2D eigenvalue weighted by Crippen LogP contribution is 2.17. The Bertz CT molecular complexity index is 611. The minimum atomic E-state index is -1.61. The number of aromatic nitrogens is 2. The van der Waals surface area contributed by atoms with E-state index in [1.807, 2.05) is 0 Å². The Kier molecular flexibility index (Phi) is 3.66. The van der Waals surface area contributed by atoms with Crippen molar-refractivity contribution >= 4 is 23.2 Å². The van der Waals surface area contributed by atoms with Gasteiger partial charge in [0, 0.05) is 17.8 Å². The van der Waals surface area contributed by atoms with Crippen LogP contribution in [0, 0.1) is 17.5 Å². The number of halogens is 4. The van der Waals surface area contributed by atoms with E-state index in [0.717, 1.165) is 12.4 Å². The minimum Gasteiger partial charge on any atom is -0.320 e. The van der Waals surface area contributed by atoms with Gasteiger partial charge >= 0.3 is 0 Å². The first-order chi connectivity index (χ1) is 8.97. The lowest BCUT2D eigenvalue weighted by Crippen LogP contribution is -2.14. The van der Waals surface area contributed by atoms with E-state index in [1.165, 1.54) is 0 Å². The number of hydrogen-bond acceptors (Lipinski definition) is 3. The Morgan fingerprint density at radius 2 is 1.74 bits per heavy atom. The maximum Gasteiger partial charge on any atom is 0.275 e. The van der Waals surface area contributed by atoms with E-state index in [4.69, 9.17) is 11.6 Å². The topological polar surface area (TPSA) is 54.9 Å². The van der Waals surface area contributed by atoms with Gasteiger partial charge in [0.15, 0.2) is 17.5 Å². The number of anilines is 1. The highest BCUT2D eigenvalue weighted by molar-refractivity contribution is 6.29. The summed E-state index contributed by atoms with van der Waals surface area (Å²) in [5.41, 5.74) is -0.340. The van der Waals surface area contributed by atoms with E-state index >= 15 is 0 Å². The molecule has 0 saturated carbocycles. The van der Waals surface area contributed by atoms with Crippen LogP contribution in [0.1, 0.15) is 10.5 Å². The van der Waals surface area contributed by atoms with Crippen molar-refractivity contribution in [3.63, 3.8) is 0 Å². The van der Waals surface area contributed by atoms with Crippen LogP contribution in [0.4, 0.5) is 18.9 Å². The van der Waals surface area contributed by atoms with Gasteiger partial charge in [0.25, 0.3) is 5.91 Å². The summed E-state index contributed by atoms with van der Waals surface area (Å²) < 4.78 is 38.6. The second-order valence-corrected chi connectivity index (χ2v) is 3.82. The molecule has 0 bridgehead atoms. The van der Waals surface area contributed by atoms with Crippen molar-refractivity contribution in [3.05, 3.63) is 52.8 Å². The summed E-state index contributed by atoms with van der Waals surface area (Å²) in [6.45, 7) is 0. The molecule has 0 spiro atoms. The van der Waals surface area contributed by atoms with Crippen LogP contribution in [0.15, 0.2) is 24.5 Å². The van der Waals surface area contributed by atoms with Gasteiger partial charge in [-0.25, -0.2) is 23.1 Å². The summed E-state index contributed by atoms with van der Waals surface area (Å²) in [4.78, 5) is 18.9. The molecule has 0 aliphatic heterocycles. The quantitative estimate of drug-likeness (QED) is 0.864. The van der Waals surface area contributed by atoms with Crippen molar-refractivity contribution in [1.29, 1.82) is 0 Å². The summed E-state index contributed by atoms with van der Waals surface area (Å²) in [5, 5.41) is 2.25. The van der Waals surface area contributed by atoms with E-state index in [2.05, 4.69) is 15.3 Å². The molecule has 4 nitrogen and oxygen atoms in total. The van der Waals surface area contributed by atoms with Crippen LogP contribution in [-0.2, 0) is 0 Å². The first kappa shape index (κ1) is 13.3. The van der Waals surface area contributed by atoms with Gasteiger partial charge in [0.2, 0.25) is 0 Å². The van der Waals surface area contributed by atoms with E-state index in [9.17, 15) is 18.0 Å². The van der Waals surface area contributed by atoms with E-state index in [-0.39, 0.29) is 16.5 Å². The molecule has 0 aliphatic carbocycles. The first-order valence-electron chi connectivity index (χ1n) is 4.91. The van der Waals surface area contributed by atoms with Crippen LogP contribution in [0.25, 0.3) is 0 Å². The smallest absolute Gasteiger partial charge is 0.275 e. The van der Waals surface area contributed by atoms with Gasteiger partial charge in [-0.2, -0.15) is 0 Å². The fourth-order valence-corrected chi connectivity index (χ4v) is 1.35. The largest absolute Gasteiger partial charge is 0.320 e. The third kappa shape index (κ3) is 3.00. The Labute approximate surface area is 110 Å². The molecular weight excluding hydrogens is 283 g/mol. The molecule has 8 heteroatoms. The van der Waals surface area contributed by atoms with E-state index < -0.39 is 23.4 Å². The Morgan fingerprint density at radius 3 is 2.26 bits per heavy atom. The molecule has 1 N–H and O–H groups in total. The van der Waals surface area contributed by atoms with Gasteiger partial charge in [-0.15, -0.1) is 0 Å². The Balaban J connectivity index is 2.22. The third-order valence-electron chi connectivity index (χ3n) is 2.09. The van der Waals surface area contributed by atoms with Gasteiger partial charge < -0.3 is 5.32 Å². The molecule has 0 radical (unpaired) electrons. The molecule has 98 valence electrons. The maximum absolute atomic E-state index is 12.9. The van der Waals surface area contributed by atoms with Crippen LogP contribution < -0.4 is 5.32 Å². The fraction of sp³-hybridized carbons (Fsp3) is 0. The zero-order valence-corrected chi connectivity index (χ0v) is 9.88. The third-order valence-corrected chi connectivity index (χ3v) is 2.29. The monoisotopic (exact) mass is 287 g/mol. The zero-order valence-electron chi connectivity index (χ0n) is 9.12. The van der Waals surface area contributed by atoms with Crippen LogP contribution in [-0.4, -0.2) is 15.9 Å². The second-order valence-electron chi connectivity index (χ2n) is 3.43.